The number of amides is 1. The van der Waals surface area contributed by atoms with E-state index in [4.69, 9.17) is 16.6 Å². The Bertz CT molecular complexity index is 246. The van der Waals surface area contributed by atoms with E-state index in [0.717, 1.165) is 0 Å². The molecular weight excluding hydrogens is 234 g/mol. The van der Waals surface area contributed by atoms with Crippen LogP contribution < -0.4 is 16.8 Å². The van der Waals surface area contributed by atoms with Crippen molar-refractivity contribution in [1.29, 1.82) is 0 Å². The van der Waals surface area contributed by atoms with Gasteiger partial charge in [0.2, 0.25) is 5.91 Å². The summed E-state index contributed by atoms with van der Waals surface area (Å²) in [4.78, 5) is 21.4. The van der Waals surface area contributed by atoms with E-state index in [1.807, 2.05) is 0 Å². The molecule has 0 radical (unpaired) electrons. The van der Waals surface area contributed by atoms with Gasteiger partial charge in [0, 0.05) is 18.5 Å². The lowest BCUT2D eigenvalue weighted by atomic mass is 10.0. The van der Waals surface area contributed by atoms with Crippen LogP contribution in [0.15, 0.2) is 0 Å². The molecule has 0 bridgehead atoms. The lowest BCUT2D eigenvalue weighted by Gasteiger charge is -2.28. The van der Waals surface area contributed by atoms with Gasteiger partial charge < -0.3 is 16.6 Å². The van der Waals surface area contributed by atoms with Crippen molar-refractivity contribution in [1.82, 2.24) is 5.32 Å². The summed E-state index contributed by atoms with van der Waals surface area (Å²) in [5.41, 5.74) is 9.94. The number of halogens is 1. The average molecular weight is 254 g/mol. The third-order valence-electron chi connectivity index (χ3n) is 2.05. The van der Waals surface area contributed by atoms with Crippen LogP contribution in [0.1, 0.15) is 26.7 Å². The van der Waals surface area contributed by atoms with E-state index in [2.05, 4.69) is 5.32 Å². The highest BCUT2D eigenvalue weighted by Gasteiger charge is 2.25. The van der Waals surface area contributed by atoms with Crippen LogP contribution in [0, 0.1) is 0 Å². The van der Waals surface area contributed by atoms with Crippen molar-refractivity contribution >= 4 is 24.3 Å². The largest absolute Gasteiger partial charge is 0.480 e. The van der Waals surface area contributed by atoms with Crippen LogP contribution in [-0.2, 0) is 9.59 Å². The lowest BCUT2D eigenvalue weighted by Crippen LogP contribution is -2.53. The molecule has 6 N–H and O–H groups in total. The molecule has 0 aliphatic heterocycles. The first kappa shape index (κ1) is 17.5. The topological polar surface area (TPSA) is 118 Å². The van der Waals surface area contributed by atoms with Crippen LogP contribution in [0.2, 0.25) is 0 Å². The van der Waals surface area contributed by atoms with Crippen molar-refractivity contribution in [3.05, 3.63) is 0 Å². The predicted octanol–water partition coefficient (Wildman–Crippen LogP) is -0.546. The lowest BCUT2D eigenvalue weighted by molar-refractivity contribution is -0.140. The first-order valence-corrected chi connectivity index (χ1v) is 4.77. The first-order valence-electron chi connectivity index (χ1n) is 4.77. The molecular formula is C9H20ClN3O3. The molecule has 0 aromatic rings. The summed E-state index contributed by atoms with van der Waals surface area (Å²) in [7, 11) is 0. The molecule has 0 aromatic carbocycles. The number of carbonyl (C=O) groups excluding carboxylic acids is 1. The monoisotopic (exact) mass is 253 g/mol. The van der Waals surface area contributed by atoms with Gasteiger partial charge in [-0.1, -0.05) is 0 Å². The highest BCUT2D eigenvalue weighted by Crippen LogP contribution is 2.05. The first-order chi connectivity index (χ1) is 6.78. The van der Waals surface area contributed by atoms with Crippen molar-refractivity contribution in [2.24, 2.45) is 11.5 Å². The number of carbonyl (C=O) groups is 2. The van der Waals surface area contributed by atoms with Crippen molar-refractivity contribution in [3.8, 4) is 0 Å². The van der Waals surface area contributed by atoms with E-state index in [1.54, 1.807) is 13.8 Å². The molecule has 0 aromatic heterocycles. The van der Waals surface area contributed by atoms with Gasteiger partial charge in [0.05, 0.1) is 0 Å². The highest BCUT2D eigenvalue weighted by atomic mass is 35.5. The number of carboxylic acids is 1. The third kappa shape index (κ3) is 7.44. The molecule has 0 aliphatic rings. The smallest absolute Gasteiger partial charge is 0.320 e. The molecule has 16 heavy (non-hydrogen) atoms. The maximum atomic E-state index is 10.9. The summed E-state index contributed by atoms with van der Waals surface area (Å²) >= 11 is 0. The Morgan fingerprint density at radius 3 is 2.25 bits per heavy atom. The van der Waals surface area contributed by atoms with E-state index < -0.39 is 23.5 Å². The molecule has 0 saturated heterocycles. The molecule has 0 rings (SSSR count). The SMILES string of the molecule is CC(C)(CN)NC(CCC(N)=O)C(=O)O.Cl. The number of aliphatic carboxylic acids is 1. The minimum Gasteiger partial charge on any atom is -0.480 e. The molecule has 0 spiro atoms. The van der Waals surface area contributed by atoms with Gasteiger partial charge in [-0.2, -0.15) is 0 Å². The zero-order valence-electron chi connectivity index (χ0n) is 9.53. The van der Waals surface area contributed by atoms with Crippen LogP contribution >= 0.6 is 12.4 Å². The predicted molar refractivity (Wildman–Crippen MR) is 63.4 cm³/mol. The number of hydrogen-bond acceptors (Lipinski definition) is 4. The van der Waals surface area contributed by atoms with Crippen molar-refractivity contribution < 1.29 is 14.7 Å². The zero-order valence-corrected chi connectivity index (χ0v) is 10.3. The molecule has 1 atom stereocenters. The van der Waals surface area contributed by atoms with E-state index in [1.165, 1.54) is 0 Å². The van der Waals surface area contributed by atoms with Gasteiger partial charge >= 0.3 is 5.97 Å². The van der Waals surface area contributed by atoms with Gasteiger partial charge in [-0.05, 0) is 20.3 Å². The number of nitrogens with one attached hydrogen (secondary N) is 1. The average Bonchev–Trinajstić information content (AvgIpc) is 2.11. The molecule has 0 saturated carbocycles. The summed E-state index contributed by atoms with van der Waals surface area (Å²) in [6.07, 6.45) is 0.221. The Kier molecular flexibility index (Phi) is 8.14. The standard InChI is InChI=1S/C9H19N3O3.ClH/c1-9(2,5-10)12-6(8(14)15)3-4-7(11)13;/h6,12H,3-5,10H2,1-2H3,(H2,11,13)(H,14,15);1H. The number of hydrogen-bond donors (Lipinski definition) is 4. The summed E-state index contributed by atoms with van der Waals surface area (Å²) in [5, 5.41) is 11.8. The Morgan fingerprint density at radius 1 is 1.44 bits per heavy atom. The summed E-state index contributed by atoms with van der Waals surface area (Å²) < 4.78 is 0. The zero-order chi connectivity index (χ0) is 12.1. The van der Waals surface area contributed by atoms with Gasteiger partial charge in [-0.3, -0.25) is 14.9 Å². The summed E-state index contributed by atoms with van der Waals surface area (Å²) in [5.74, 6) is -1.51. The number of rotatable bonds is 7. The van der Waals surface area contributed by atoms with E-state index >= 15 is 0 Å². The second-order valence-electron chi connectivity index (χ2n) is 4.13. The van der Waals surface area contributed by atoms with Gasteiger partial charge in [-0.15, -0.1) is 12.4 Å². The second kappa shape index (κ2) is 7.43. The number of carboxylic acid groups (broad SMARTS) is 1. The molecule has 6 nitrogen and oxygen atoms in total. The molecule has 1 unspecified atom stereocenters. The fourth-order valence-electron chi connectivity index (χ4n) is 1.07. The minimum atomic E-state index is -1.00. The Balaban J connectivity index is 0. The van der Waals surface area contributed by atoms with Crippen molar-refractivity contribution in [2.45, 2.75) is 38.3 Å². The molecule has 0 aliphatic carbocycles. The molecule has 0 heterocycles. The van der Waals surface area contributed by atoms with Crippen LogP contribution in [0.25, 0.3) is 0 Å². The Hall–Kier alpha value is -0.850. The van der Waals surface area contributed by atoms with E-state index in [-0.39, 0.29) is 25.2 Å². The van der Waals surface area contributed by atoms with Crippen LogP contribution in [0.5, 0.6) is 0 Å². The fourth-order valence-corrected chi connectivity index (χ4v) is 1.07. The van der Waals surface area contributed by atoms with Gasteiger partial charge in [0.25, 0.3) is 0 Å². The summed E-state index contributed by atoms with van der Waals surface area (Å²) in [6, 6.07) is -0.795. The van der Waals surface area contributed by atoms with E-state index in [9.17, 15) is 9.59 Å². The van der Waals surface area contributed by atoms with Crippen molar-refractivity contribution in [3.63, 3.8) is 0 Å². The van der Waals surface area contributed by atoms with Crippen LogP contribution in [0.4, 0.5) is 0 Å². The van der Waals surface area contributed by atoms with Gasteiger partial charge in [0.15, 0.2) is 0 Å². The fraction of sp³-hybridized carbons (Fsp3) is 0.778. The summed E-state index contributed by atoms with van der Waals surface area (Å²) in [6.45, 7) is 3.91. The van der Waals surface area contributed by atoms with E-state index in [0.29, 0.717) is 6.54 Å². The van der Waals surface area contributed by atoms with Gasteiger partial charge in [0.1, 0.15) is 6.04 Å². The molecule has 1 amide bonds. The van der Waals surface area contributed by atoms with Crippen LogP contribution in [-0.4, -0.2) is 35.1 Å². The number of nitrogens with two attached hydrogens (primary N) is 2. The molecule has 0 fully saturated rings. The third-order valence-corrected chi connectivity index (χ3v) is 2.05. The number of primary amides is 1. The molecule has 7 heteroatoms. The van der Waals surface area contributed by atoms with Gasteiger partial charge in [-0.25, -0.2) is 0 Å². The van der Waals surface area contributed by atoms with Crippen LogP contribution in [0.3, 0.4) is 0 Å². The maximum absolute atomic E-state index is 10.9. The highest BCUT2D eigenvalue weighted by molar-refractivity contribution is 5.85. The Labute approximate surface area is 101 Å². The minimum absolute atomic E-state index is 0. The van der Waals surface area contributed by atoms with Crippen molar-refractivity contribution in [2.75, 3.05) is 6.54 Å². The maximum Gasteiger partial charge on any atom is 0.320 e. The normalized spacial score (nSPS) is 12.7. The quantitative estimate of drug-likeness (QED) is 0.486. The molecule has 96 valence electrons. The second-order valence-corrected chi connectivity index (χ2v) is 4.13. The Morgan fingerprint density at radius 2 is 1.94 bits per heavy atom.